The van der Waals surface area contributed by atoms with Gasteiger partial charge in [-0.1, -0.05) is 12.1 Å². The number of hydrogen-bond donors (Lipinski definition) is 1. The van der Waals surface area contributed by atoms with Gasteiger partial charge < -0.3 is 4.52 Å². The summed E-state index contributed by atoms with van der Waals surface area (Å²) in [7, 11) is 1.62. The molecule has 0 aliphatic carbocycles. The van der Waals surface area contributed by atoms with E-state index < -0.39 is 12.2 Å². The first-order chi connectivity index (χ1) is 10.7. The molecule has 1 atom stereocenters. The first-order valence-electron chi connectivity index (χ1n) is 7.35. The highest BCUT2D eigenvalue weighted by Gasteiger charge is 2.43. The van der Waals surface area contributed by atoms with Gasteiger partial charge in [0.05, 0.1) is 12.2 Å². The van der Waals surface area contributed by atoms with Gasteiger partial charge in [0, 0.05) is 24.7 Å². The fourth-order valence-electron chi connectivity index (χ4n) is 2.47. The zero-order valence-electron chi connectivity index (χ0n) is 13.5. The van der Waals surface area contributed by atoms with Gasteiger partial charge >= 0.3 is 6.18 Å². The lowest BCUT2D eigenvalue weighted by molar-refractivity contribution is -0.158. The third kappa shape index (κ3) is 3.90. The molecule has 0 saturated carbocycles. The van der Waals surface area contributed by atoms with Gasteiger partial charge in [-0.2, -0.15) is 23.3 Å². The third-order valence-corrected chi connectivity index (χ3v) is 3.62. The smallest absolute Gasteiger partial charge is 0.338 e. The van der Waals surface area contributed by atoms with Crippen LogP contribution in [-0.4, -0.2) is 26.1 Å². The first-order valence-corrected chi connectivity index (χ1v) is 7.35. The van der Waals surface area contributed by atoms with Crippen LogP contribution in [-0.2, 0) is 20.0 Å². The van der Waals surface area contributed by atoms with Gasteiger partial charge in [-0.05, 0) is 20.3 Å². The fraction of sp³-hybridized carbons (Fsp3) is 0.643. The molecule has 0 bridgehead atoms. The highest BCUT2D eigenvalue weighted by Crippen LogP contribution is 2.35. The molecule has 0 unspecified atom stereocenters. The summed E-state index contributed by atoms with van der Waals surface area (Å²) in [5, 5.41) is 10.3. The van der Waals surface area contributed by atoms with Crippen molar-refractivity contribution in [2.75, 3.05) is 0 Å². The summed E-state index contributed by atoms with van der Waals surface area (Å²) in [6.07, 6.45) is -2.98. The summed E-state index contributed by atoms with van der Waals surface area (Å²) in [6, 6.07) is -1.84. The summed E-state index contributed by atoms with van der Waals surface area (Å²) in [5.74, 6) is 0.642. The normalized spacial score (nSPS) is 13.5. The molecule has 1 N–H and O–H groups in total. The van der Waals surface area contributed by atoms with Crippen LogP contribution in [0.4, 0.5) is 13.2 Å². The van der Waals surface area contributed by atoms with Crippen LogP contribution in [0.1, 0.15) is 48.1 Å². The van der Waals surface area contributed by atoms with E-state index in [2.05, 4.69) is 20.6 Å². The molecule has 2 rings (SSSR count). The third-order valence-electron chi connectivity index (χ3n) is 3.62. The second-order valence-electron chi connectivity index (χ2n) is 5.42. The molecule has 128 valence electrons. The lowest BCUT2D eigenvalue weighted by atomic mass is 10.0. The van der Waals surface area contributed by atoms with Crippen molar-refractivity contribution in [3.05, 3.63) is 28.7 Å². The van der Waals surface area contributed by atoms with Crippen LogP contribution in [0.25, 0.3) is 0 Å². The van der Waals surface area contributed by atoms with Gasteiger partial charge in [-0.15, -0.1) is 0 Å². The Bertz CT molecular complexity index is 662. The van der Waals surface area contributed by atoms with Crippen LogP contribution in [0.3, 0.4) is 0 Å². The van der Waals surface area contributed by atoms with Gasteiger partial charge in [-0.25, -0.2) is 0 Å². The number of alkyl halides is 3. The Labute approximate surface area is 132 Å². The van der Waals surface area contributed by atoms with Crippen molar-refractivity contribution in [1.29, 1.82) is 0 Å². The van der Waals surface area contributed by atoms with Crippen molar-refractivity contribution in [3.63, 3.8) is 0 Å². The molecule has 0 spiro atoms. The summed E-state index contributed by atoms with van der Waals surface area (Å²) in [6.45, 7) is 4.98. The summed E-state index contributed by atoms with van der Waals surface area (Å²) < 4.78 is 46.7. The van der Waals surface area contributed by atoms with E-state index in [0.29, 0.717) is 23.6 Å². The van der Waals surface area contributed by atoms with Gasteiger partial charge in [0.25, 0.3) is 0 Å². The highest BCUT2D eigenvalue weighted by atomic mass is 19.4. The Morgan fingerprint density at radius 2 is 2.00 bits per heavy atom. The SMILES string of the molecule is CCCc1noc(CN[C@H](c2c(C)nn(C)c2C)C(F)(F)F)n1. The lowest BCUT2D eigenvalue weighted by Crippen LogP contribution is -2.34. The summed E-state index contributed by atoms with van der Waals surface area (Å²) in [4.78, 5) is 4.07. The summed E-state index contributed by atoms with van der Waals surface area (Å²) in [5.41, 5.74) is 0.944. The van der Waals surface area contributed by atoms with Crippen molar-refractivity contribution in [2.24, 2.45) is 7.05 Å². The van der Waals surface area contributed by atoms with Crippen molar-refractivity contribution in [2.45, 2.75) is 52.4 Å². The molecule has 0 amide bonds. The molecule has 0 aliphatic rings. The van der Waals surface area contributed by atoms with Gasteiger partial charge in [0.15, 0.2) is 5.82 Å². The van der Waals surface area contributed by atoms with Crippen LogP contribution in [0, 0.1) is 13.8 Å². The zero-order valence-corrected chi connectivity index (χ0v) is 13.5. The Morgan fingerprint density at radius 1 is 1.30 bits per heavy atom. The maximum absolute atomic E-state index is 13.4. The maximum atomic E-state index is 13.4. The van der Waals surface area contributed by atoms with Crippen LogP contribution in [0.15, 0.2) is 4.52 Å². The minimum atomic E-state index is -4.45. The molecule has 0 aromatic carbocycles. The fourth-order valence-corrected chi connectivity index (χ4v) is 2.47. The van der Waals surface area contributed by atoms with Crippen molar-refractivity contribution in [3.8, 4) is 0 Å². The molecule has 0 radical (unpaired) electrons. The number of nitrogens with zero attached hydrogens (tertiary/aromatic N) is 4. The van der Waals surface area contributed by atoms with E-state index in [1.54, 1.807) is 20.9 Å². The van der Waals surface area contributed by atoms with E-state index in [1.807, 2.05) is 6.92 Å². The maximum Gasteiger partial charge on any atom is 0.408 e. The van der Waals surface area contributed by atoms with E-state index in [1.165, 1.54) is 4.68 Å². The Hall–Kier alpha value is -1.90. The second kappa shape index (κ2) is 6.69. The Kier molecular flexibility index (Phi) is 5.08. The quantitative estimate of drug-likeness (QED) is 0.881. The topological polar surface area (TPSA) is 68.8 Å². The minimum absolute atomic E-state index is 0.133. The predicted molar refractivity (Wildman–Crippen MR) is 76.6 cm³/mol. The molecular weight excluding hydrogens is 311 g/mol. The number of aromatic nitrogens is 4. The molecule has 2 aromatic heterocycles. The van der Waals surface area contributed by atoms with Crippen LogP contribution >= 0.6 is 0 Å². The Balaban J connectivity index is 2.19. The molecule has 23 heavy (non-hydrogen) atoms. The van der Waals surface area contributed by atoms with Gasteiger partial charge in [0.2, 0.25) is 5.89 Å². The number of nitrogens with one attached hydrogen (secondary N) is 1. The molecule has 6 nitrogen and oxygen atoms in total. The van der Waals surface area contributed by atoms with Crippen molar-refractivity contribution in [1.82, 2.24) is 25.2 Å². The molecule has 0 saturated heterocycles. The zero-order chi connectivity index (χ0) is 17.2. The monoisotopic (exact) mass is 331 g/mol. The average Bonchev–Trinajstić information content (AvgIpc) is 2.98. The van der Waals surface area contributed by atoms with E-state index in [0.717, 1.165) is 6.42 Å². The minimum Gasteiger partial charge on any atom is -0.338 e. The highest BCUT2D eigenvalue weighted by molar-refractivity contribution is 5.29. The standard InChI is InChI=1S/C14H20F3N5O/c1-5-6-10-19-11(23-21-10)7-18-13(14(15,16)17)12-8(2)20-22(4)9(12)3/h13,18H,5-7H2,1-4H3/t13-/m1/s1. The van der Waals surface area contributed by atoms with E-state index in [-0.39, 0.29) is 18.0 Å². The number of aryl methyl sites for hydroxylation is 3. The largest absolute Gasteiger partial charge is 0.408 e. The molecule has 2 heterocycles. The number of hydrogen-bond acceptors (Lipinski definition) is 5. The summed E-state index contributed by atoms with van der Waals surface area (Å²) >= 11 is 0. The molecular formula is C14H20F3N5O. The first kappa shape index (κ1) is 17.5. The molecule has 2 aromatic rings. The molecule has 9 heteroatoms. The second-order valence-corrected chi connectivity index (χ2v) is 5.42. The van der Waals surface area contributed by atoms with Crippen LogP contribution in [0.5, 0.6) is 0 Å². The molecule has 0 fully saturated rings. The van der Waals surface area contributed by atoms with E-state index in [9.17, 15) is 13.2 Å². The van der Waals surface area contributed by atoms with Crippen LogP contribution < -0.4 is 5.32 Å². The average molecular weight is 331 g/mol. The Morgan fingerprint density at radius 3 is 2.52 bits per heavy atom. The lowest BCUT2D eigenvalue weighted by Gasteiger charge is -2.21. The number of rotatable bonds is 6. The van der Waals surface area contributed by atoms with E-state index in [4.69, 9.17) is 4.52 Å². The van der Waals surface area contributed by atoms with Crippen molar-refractivity contribution < 1.29 is 17.7 Å². The predicted octanol–water partition coefficient (Wildman–Crippen LogP) is 2.77. The van der Waals surface area contributed by atoms with Crippen molar-refractivity contribution >= 4 is 0 Å². The van der Waals surface area contributed by atoms with Gasteiger partial charge in [-0.3, -0.25) is 10.00 Å². The van der Waals surface area contributed by atoms with Gasteiger partial charge in [0.1, 0.15) is 6.04 Å². The molecule has 0 aliphatic heterocycles. The van der Waals surface area contributed by atoms with E-state index >= 15 is 0 Å². The van der Waals surface area contributed by atoms with Crippen LogP contribution in [0.2, 0.25) is 0 Å². The number of halogens is 3.